The molecule has 0 aliphatic heterocycles. The van der Waals surface area contributed by atoms with Crippen LogP contribution in [0.25, 0.3) is 0 Å². The molecule has 1 saturated carbocycles. The fraction of sp³-hybridized carbons (Fsp3) is 1.00. The Hall–Kier alpha value is -0.170. The molecule has 0 radical (unpaired) electrons. The second-order valence-corrected chi connectivity index (χ2v) is 5.19. The van der Waals surface area contributed by atoms with Crippen molar-refractivity contribution in [2.45, 2.75) is 32.2 Å². The van der Waals surface area contributed by atoms with Gasteiger partial charge in [0.15, 0.2) is 0 Å². The second kappa shape index (κ2) is 5.06. The zero-order chi connectivity index (χ0) is 10.6. The summed E-state index contributed by atoms with van der Waals surface area (Å²) >= 11 is 0. The van der Waals surface area contributed by atoms with Crippen molar-refractivity contribution in [3.63, 3.8) is 0 Å². The van der Waals surface area contributed by atoms with Gasteiger partial charge < -0.3 is 5.73 Å². The standard InChI is InChI=1S/C8H19N3O2S/c1-2-10-14(12,13)11(7-3-6-9)8-4-5-8/h8,10H,2-7,9H2,1H3. The van der Waals surface area contributed by atoms with Crippen molar-refractivity contribution in [2.24, 2.45) is 5.73 Å². The van der Waals surface area contributed by atoms with E-state index >= 15 is 0 Å². The average molecular weight is 221 g/mol. The van der Waals surface area contributed by atoms with Crippen molar-refractivity contribution in [2.75, 3.05) is 19.6 Å². The van der Waals surface area contributed by atoms with Gasteiger partial charge in [0.2, 0.25) is 0 Å². The normalized spacial score (nSPS) is 17.6. The molecule has 0 heterocycles. The van der Waals surface area contributed by atoms with Crippen LogP contribution in [0.2, 0.25) is 0 Å². The minimum absolute atomic E-state index is 0.214. The Labute approximate surface area is 85.8 Å². The highest BCUT2D eigenvalue weighted by Gasteiger charge is 2.36. The van der Waals surface area contributed by atoms with Crippen LogP contribution >= 0.6 is 0 Å². The Morgan fingerprint density at radius 3 is 2.57 bits per heavy atom. The smallest absolute Gasteiger partial charge is 0.279 e. The molecule has 14 heavy (non-hydrogen) atoms. The zero-order valence-corrected chi connectivity index (χ0v) is 9.39. The van der Waals surface area contributed by atoms with E-state index < -0.39 is 10.2 Å². The number of nitrogens with zero attached hydrogens (tertiary/aromatic N) is 1. The van der Waals surface area contributed by atoms with E-state index in [1.54, 1.807) is 11.2 Å². The lowest BCUT2D eigenvalue weighted by molar-refractivity contribution is 0.392. The molecule has 1 rings (SSSR count). The van der Waals surface area contributed by atoms with Crippen LogP contribution < -0.4 is 10.5 Å². The van der Waals surface area contributed by atoms with Crippen LogP contribution in [-0.2, 0) is 10.2 Å². The molecule has 1 aliphatic rings. The summed E-state index contributed by atoms with van der Waals surface area (Å²) in [6.07, 6.45) is 2.69. The Morgan fingerprint density at radius 2 is 2.14 bits per heavy atom. The summed E-state index contributed by atoms with van der Waals surface area (Å²) in [5.74, 6) is 0. The minimum Gasteiger partial charge on any atom is -0.330 e. The summed E-state index contributed by atoms with van der Waals surface area (Å²) < 4.78 is 27.4. The maximum absolute atomic E-state index is 11.7. The fourth-order valence-electron chi connectivity index (χ4n) is 1.37. The molecule has 84 valence electrons. The van der Waals surface area contributed by atoms with Gasteiger partial charge in [0.05, 0.1) is 0 Å². The average Bonchev–Trinajstić information content (AvgIpc) is 2.88. The van der Waals surface area contributed by atoms with E-state index in [0.29, 0.717) is 19.6 Å². The number of nitrogens with two attached hydrogens (primary N) is 1. The van der Waals surface area contributed by atoms with Crippen molar-refractivity contribution in [3.05, 3.63) is 0 Å². The highest BCUT2D eigenvalue weighted by Crippen LogP contribution is 2.28. The Balaban J connectivity index is 2.56. The lowest BCUT2D eigenvalue weighted by Crippen LogP contribution is -2.42. The Kier molecular flexibility index (Phi) is 4.31. The van der Waals surface area contributed by atoms with Crippen molar-refractivity contribution in [3.8, 4) is 0 Å². The van der Waals surface area contributed by atoms with Gasteiger partial charge >= 0.3 is 0 Å². The molecule has 0 saturated heterocycles. The predicted molar refractivity (Wildman–Crippen MR) is 56.0 cm³/mol. The van der Waals surface area contributed by atoms with Crippen molar-refractivity contribution in [1.29, 1.82) is 0 Å². The first-order valence-corrected chi connectivity index (χ1v) is 6.52. The molecule has 6 heteroatoms. The van der Waals surface area contributed by atoms with Crippen LogP contribution in [0.4, 0.5) is 0 Å². The van der Waals surface area contributed by atoms with E-state index in [4.69, 9.17) is 5.73 Å². The minimum atomic E-state index is -3.25. The van der Waals surface area contributed by atoms with E-state index in [-0.39, 0.29) is 6.04 Å². The third-order valence-electron chi connectivity index (χ3n) is 2.17. The molecule has 5 nitrogen and oxygen atoms in total. The van der Waals surface area contributed by atoms with Gasteiger partial charge in [-0.05, 0) is 25.8 Å². The predicted octanol–water partition coefficient (Wildman–Crippen LogP) is -0.346. The topological polar surface area (TPSA) is 75.4 Å². The Bertz CT molecular complexity index is 262. The number of nitrogens with one attached hydrogen (secondary N) is 1. The molecule has 0 aromatic carbocycles. The number of hydrogen-bond acceptors (Lipinski definition) is 3. The van der Waals surface area contributed by atoms with Gasteiger partial charge in [0.1, 0.15) is 0 Å². The van der Waals surface area contributed by atoms with Gasteiger partial charge in [-0.2, -0.15) is 12.7 Å². The lowest BCUT2D eigenvalue weighted by atomic mass is 10.4. The van der Waals surface area contributed by atoms with Crippen LogP contribution in [0.15, 0.2) is 0 Å². The van der Waals surface area contributed by atoms with Crippen molar-refractivity contribution < 1.29 is 8.42 Å². The van der Waals surface area contributed by atoms with Gasteiger partial charge in [-0.1, -0.05) is 6.92 Å². The molecular formula is C8H19N3O2S. The summed E-state index contributed by atoms with van der Waals surface area (Å²) in [6, 6.07) is 0.214. The maximum Gasteiger partial charge on any atom is 0.279 e. The van der Waals surface area contributed by atoms with E-state index in [1.807, 2.05) is 0 Å². The van der Waals surface area contributed by atoms with E-state index in [1.165, 1.54) is 0 Å². The molecule has 0 spiro atoms. The molecule has 1 fully saturated rings. The highest BCUT2D eigenvalue weighted by atomic mass is 32.2. The summed E-state index contributed by atoms with van der Waals surface area (Å²) in [6.45, 7) is 3.29. The van der Waals surface area contributed by atoms with Crippen LogP contribution in [0, 0.1) is 0 Å². The molecular weight excluding hydrogens is 202 g/mol. The molecule has 0 aromatic rings. The SMILES string of the molecule is CCNS(=O)(=O)N(CCCN)C1CC1. The second-order valence-electron chi connectivity index (χ2n) is 3.49. The summed E-state index contributed by atoms with van der Waals surface area (Å²) in [7, 11) is -3.25. The van der Waals surface area contributed by atoms with Gasteiger partial charge in [-0.25, -0.2) is 4.72 Å². The van der Waals surface area contributed by atoms with Gasteiger partial charge in [0, 0.05) is 19.1 Å². The molecule has 0 atom stereocenters. The van der Waals surface area contributed by atoms with Gasteiger partial charge in [0.25, 0.3) is 10.2 Å². The first-order valence-electron chi connectivity index (χ1n) is 5.08. The molecule has 0 aromatic heterocycles. The van der Waals surface area contributed by atoms with E-state index in [2.05, 4.69) is 4.72 Å². The fourth-order valence-corrected chi connectivity index (χ4v) is 2.88. The summed E-state index contributed by atoms with van der Waals surface area (Å²) in [4.78, 5) is 0. The molecule has 3 N–H and O–H groups in total. The summed E-state index contributed by atoms with van der Waals surface area (Å²) in [5, 5.41) is 0. The van der Waals surface area contributed by atoms with E-state index in [0.717, 1.165) is 19.3 Å². The monoisotopic (exact) mass is 221 g/mol. The third-order valence-corrected chi connectivity index (χ3v) is 3.92. The number of hydrogen-bond donors (Lipinski definition) is 2. The van der Waals surface area contributed by atoms with Crippen molar-refractivity contribution in [1.82, 2.24) is 9.03 Å². The molecule has 0 amide bonds. The first kappa shape index (κ1) is 11.9. The van der Waals surface area contributed by atoms with Crippen LogP contribution in [0.1, 0.15) is 26.2 Å². The zero-order valence-electron chi connectivity index (χ0n) is 8.57. The van der Waals surface area contributed by atoms with Crippen LogP contribution in [0.5, 0.6) is 0 Å². The van der Waals surface area contributed by atoms with Crippen LogP contribution in [-0.4, -0.2) is 38.4 Å². The van der Waals surface area contributed by atoms with Crippen molar-refractivity contribution >= 4 is 10.2 Å². The van der Waals surface area contributed by atoms with Gasteiger partial charge in [-0.15, -0.1) is 0 Å². The molecule has 0 unspecified atom stereocenters. The summed E-state index contributed by atoms with van der Waals surface area (Å²) in [5.41, 5.74) is 5.37. The molecule has 1 aliphatic carbocycles. The number of rotatable bonds is 7. The largest absolute Gasteiger partial charge is 0.330 e. The Morgan fingerprint density at radius 1 is 1.50 bits per heavy atom. The van der Waals surface area contributed by atoms with E-state index in [9.17, 15) is 8.42 Å². The maximum atomic E-state index is 11.7. The van der Waals surface area contributed by atoms with Gasteiger partial charge in [-0.3, -0.25) is 0 Å². The highest BCUT2D eigenvalue weighted by molar-refractivity contribution is 7.87. The quantitative estimate of drug-likeness (QED) is 0.617. The first-order chi connectivity index (χ1) is 6.61. The molecule has 0 bridgehead atoms. The van der Waals surface area contributed by atoms with Crippen LogP contribution in [0.3, 0.4) is 0 Å². The third kappa shape index (κ3) is 3.20. The lowest BCUT2D eigenvalue weighted by Gasteiger charge is -2.21.